The molecule has 7 heteroatoms. The van der Waals surface area contributed by atoms with E-state index in [4.69, 9.17) is 11.1 Å². The van der Waals surface area contributed by atoms with Crippen LogP contribution in [-0.4, -0.2) is 33.0 Å². The summed E-state index contributed by atoms with van der Waals surface area (Å²) in [6, 6.07) is 4.10. The summed E-state index contributed by atoms with van der Waals surface area (Å²) in [7, 11) is 0. The average Bonchev–Trinajstić information content (AvgIpc) is 2.60. The Morgan fingerprint density at radius 3 is 2.78 bits per heavy atom. The van der Waals surface area contributed by atoms with Gasteiger partial charge >= 0.3 is 0 Å². The Bertz CT molecular complexity index is 954. The van der Waals surface area contributed by atoms with Crippen molar-refractivity contribution in [1.82, 2.24) is 14.9 Å². The molecule has 0 fully saturated rings. The molecule has 0 bridgehead atoms. The van der Waals surface area contributed by atoms with E-state index in [1.54, 1.807) is 18.7 Å². The second-order valence-corrected chi connectivity index (χ2v) is 6.78. The van der Waals surface area contributed by atoms with Crippen molar-refractivity contribution in [3.8, 4) is 0 Å². The predicted octanol–water partition coefficient (Wildman–Crippen LogP) is 2.77. The number of carbonyl (C=O) groups excluding carboxylic acids is 1. The molecular weight excluding hydrogens is 345 g/mol. The highest BCUT2D eigenvalue weighted by Gasteiger charge is 2.31. The van der Waals surface area contributed by atoms with Gasteiger partial charge in [0.15, 0.2) is 0 Å². The third-order valence-corrected chi connectivity index (χ3v) is 4.77. The van der Waals surface area contributed by atoms with Crippen molar-refractivity contribution in [3.63, 3.8) is 0 Å². The van der Waals surface area contributed by atoms with Gasteiger partial charge in [0.05, 0.1) is 23.6 Å². The molecular formula is C20H22FN5O. The lowest BCUT2D eigenvalue weighted by molar-refractivity contribution is 0.0652. The fraction of sp³-hybridized carbons (Fsp3) is 0.300. The molecule has 2 heterocycles. The van der Waals surface area contributed by atoms with Crippen molar-refractivity contribution in [2.75, 3.05) is 0 Å². The molecule has 3 N–H and O–H groups in total. The van der Waals surface area contributed by atoms with Crippen LogP contribution in [0.25, 0.3) is 5.70 Å². The molecule has 6 nitrogen and oxygen atoms in total. The van der Waals surface area contributed by atoms with Crippen molar-refractivity contribution < 1.29 is 9.18 Å². The predicted molar refractivity (Wildman–Crippen MR) is 102 cm³/mol. The lowest BCUT2D eigenvalue weighted by Gasteiger charge is -2.35. The molecule has 0 spiro atoms. The minimum Gasteiger partial charge on any atom is -0.397 e. The Labute approximate surface area is 157 Å². The maximum atomic E-state index is 13.4. The second kappa shape index (κ2) is 7.26. The van der Waals surface area contributed by atoms with Crippen LogP contribution < -0.4 is 5.73 Å². The first-order valence-electron chi connectivity index (χ1n) is 8.72. The number of halogens is 1. The van der Waals surface area contributed by atoms with Crippen LogP contribution in [0.3, 0.4) is 0 Å². The van der Waals surface area contributed by atoms with Crippen LogP contribution in [0.2, 0.25) is 0 Å². The van der Waals surface area contributed by atoms with E-state index >= 15 is 0 Å². The summed E-state index contributed by atoms with van der Waals surface area (Å²) in [5.74, 6) is 0.0547. The van der Waals surface area contributed by atoms with E-state index in [1.807, 2.05) is 6.92 Å². The summed E-state index contributed by atoms with van der Waals surface area (Å²) in [5, 5.41) is 7.23. The zero-order chi connectivity index (χ0) is 19.7. The van der Waals surface area contributed by atoms with Crippen molar-refractivity contribution in [3.05, 3.63) is 64.0 Å². The van der Waals surface area contributed by atoms with Gasteiger partial charge in [-0.25, -0.2) is 14.4 Å². The summed E-state index contributed by atoms with van der Waals surface area (Å²) in [6.07, 6.45) is 3.17. The van der Waals surface area contributed by atoms with E-state index in [9.17, 15) is 9.18 Å². The summed E-state index contributed by atoms with van der Waals surface area (Å²) in [6.45, 7) is 5.79. The van der Waals surface area contributed by atoms with Gasteiger partial charge in [-0.1, -0.05) is 0 Å². The smallest absolute Gasteiger partial charge is 0.254 e. The van der Waals surface area contributed by atoms with Crippen LogP contribution in [0, 0.1) is 25.1 Å². The number of allylic oxidation sites excluding steroid dienone is 1. The van der Waals surface area contributed by atoms with Crippen molar-refractivity contribution >= 4 is 17.8 Å². The van der Waals surface area contributed by atoms with Gasteiger partial charge in [-0.05, 0) is 57.0 Å². The van der Waals surface area contributed by atoms with E-state index in [1.165, 1.54) is 24.3 Å². The Kier molecular flexibility index (Phi) is 5.03. The lowest BCUT2D eigenvalue weighted by atomic mass is 9.94. The van der Waals surface area contributed by atoms with Crippen molar-refractivity contribution in [1.29, 1.82) is 5.41 Å². The number of aromatic nitrogens is 2. The number of nitrogens with zero attached hydrogens (tertiary/aromatic N) is 3. The number of hydrogen-bond donors (Lipinski definition) is 2. The van der Waals surface area contributed by atoms with E-state index in [-0.39, 0.29) is 17.8 Å². The highest BCUT2D eigenvalue weighted by Crippen LogP contribution is 2.28. The maximum Gasteiger partial charge on any atom is 0.254 e. The molecule has 1 unspecified atom stereocenters. The number of rotatable bonds is 3. The van der Waals surface area contributed by atoms with Crippen LogP contribution in [-0.2, 0) is 13.0 Å². The summed E-state index contributed by atoms with van der Waals surface area (Å²) in [4.78, 5) is 23.7. The van der Waals surface area contributed by atoms with Gasteiger partial charge in [-0.3, -0.25) is 4.79 Å². The number of hydrogen-bond acceptors (Lipinski definition) is 5. The molecule has 1 aliphatic rings. The van der Waals surface area contributed by atoms with Gasteiger partial charge in [0.25, 0.3) is 5.91 Å². The third-order valence-electron chi connectivity index (χ3n) is 4.77. The Morgan fingerprint density at radius 1 is 1.37 bits per heavy atom. The number of carbonyl (C=O) groups is 1. The van der Waals surface area contributed by atoms with Crippen LogP contribution in [0.5, 0.6) is 0 Å². The van der Waals surface area contributed by atoms with Crippen LogP contribution in [0.15, 0.2) is 24.3 Å². The number of fused-ring (bicyclic) bond motifs is 1. The summed E-state index contributed by atoms with van der Waals surface area (Å²) < 4.78 is 13.4. The van der Waals surface area contributed by atoms with Gasteiger partial charge in [-0.15, -0.1) is 0 Å². The van der Waals surface area contributed by atoms with Crippen LogP contribution in [0.4, 0.5) is 4.39 Å². The van der Waals surface area contributed by atoms with Gasteiger partial charge in [-0.2, -0.15) is 0 Å². The van der Waals surface area contributed by atoms with E-state index in [0.717, 1.165) is 17.5 Å². The van der Waals surface area contributed by atoms with E-state index in [2.05, 4.69) is 9.97 Å². The number of nitrogens with one attached hydrogen (secondary N) is 1. The van der Waals surface area contributed by atoms with Crippen molar-refractivity contribution in [2.24, 2.45) is 5.73 Å². The lowest BCUT2D eigenvalue weighted by Crippen LogP contribution is -2.44. The molecule has 0 aliphatic carbocycles. The largest absolute Gasteiger partial charge is 0.397 e. The van der Waals surface area contributed by atoms with Crippen LogP contribution >= 0.6 is 0 Å². The molecule has 0 radical (unpaired) electrons. The molecule has 2 aromatic rings. The third kappa shape index (κ3) is 3.58. The first-order valence-corrected chi connectivity index (χ1v) is 8.72. The second-order valence-electron chi connectivity index (χ2n) is 6.78. The minimum absolute atomic E-state index is 0.0905. The van der Waals surface area contributed by atoms with Crippen LogP contribution in [0.1, 0.15) is 45.6 Å². The fourth-order valence-electron chi connectivity index (χ4n) is 3.42. The molecule has 1 aromatic carbocycles. The highest BCUT2D eigenvalue weighted by atomic mass is 19.1. The monoisotopic (exact) mass is 367 g/mol. The fourth-order valence-corrected chi connectivity index (χ4v) is 3.42. The van der Waals surface area contributed by atoms with Gasteiger partial charge in [0.1, 0.15) is 11.6 Å². The standard InChI is InChI=1S/C20H22FN5O/c1-11-8-14(21)4-5-15(11)20(27)26-10-18-16(9-12(26)2)19(17(23)6-7-22)25-13(3)24-18/h4-8,12,22H,9-10,23H2,1-3H3/b17-6-,22-7?. The molecule has 0 saturated heterocycles. The highest BCUT2D eigenvalue weighted by molar-refractivity contribution is 5.96. The van der Waals surface area contributed by atoms with Gasteiger partial charge < -0.3 is 16.0 Å². The zero-order valence-corrected chi connectivity index (χ0v) is 15.6. The topological polar surface area (TPSA) is 96.0 Å². The molecule has 1 atom stereocenters. The van der Waals surface area contributed by atoms with E-state index < -0.39 is 0 Å². The number of benzene rings is 1. The van der Waals surface area contributed by atoms with E-state index in [0.29, 0.717) is 41.3 Å². The summed E-state index contributed by atoms with van der Waals surface area (Å²) in [5.41, 5.74) is 9.86. The average molecular weight is 367 g/mol. The Morgan fingerprint density at radius 2 is 2.11 bits per heavy atom. The number of aryl methyl sites for hydroxylation is 2. The molecule has 1 amide bonds. The molecule has 0 saturated carbocycles. The molecule has 27 heavy (non-hydrogen) atoms. The normalized spacial score (nSPS) is 16.8. The zero-order valence-electron chi connectivity index (χ0n) is 15.6. The maximum absolute atomic E-state index is 13.4. The quantitative estimate of drug-likeness (QED) is 0.816. The summed E-state index contributed by atoms with van der Waals surface area (Å²) >= 11 is 0. The molecule has 1 aliphatic heterocycles. The first kappa shape index (κ1) is 18.7. The Balaban J connectivity index is 2.00. The SMILES string of the molecule is Cc1nc2c(c(/C(N)=C/C=N)n1)CC(C)N(C(=O)c1ccc(F)cc1C)C2. The molecule has 3 rings (SSSR count). The number of nitrogens with two attached hydrogens (primary N) is 1. The van der Waals surface area contributed by atoms with Gasteiger partial charge in [0.2, 0.25) is 0 Å². The Hall–Kier alpha value is -3.09. The molecule has 140 valence electrons. The first-order chi connectivity index (χ1) is 12.8. The number of amides is 1. The van der Waals surface area contributed by atoms with Gasteiger partial charge in [0, 0.05) is 23.4 Å². The minimum atomic E-state index is -0.359. The molecule has 1 aromatic heterocycles. The van der Waals surface area contributed by atoms with Crippen molar-refractivity contribution in [2.45, 2.75) is 39.8 Å².